The maximum atomic E-state index is 5.95. The Morgan fingerprint density at radius 3 is 2.56 bits per heavy atom. The summed E-state index contributed by atoms with van der Waals surface area (Å²) >= 11 is 13.3. The summed E-state index contributed by atoms with van der Waals surface area (Å²) in [6.07, 6.45) is 1.67. The van der Waals surface area contributed by atoms with E-state index in [1.165, 1.54) is 11.3 Å². The Labute approximate surface area is 107 Å². The van der Waals surface area contributed by atoms with E-state index in [-0.39, 0.29) is 0 Å². The van der Waals surface area contributed by atoms with Crippen molar-refractivity contribution in [3.63, 3.8) is 0 Å². The van der Waals surface area contributed by atoms with Crippen LogP contribution in [0.3, 0.4) is 0 Å². The lowest BCUT2D eigenvalue weighted by molar-refractivity contribution is 0.310. The highest BCUT2D eigenvalue weighted by atomic mass is 35.5. The molecule has 0 fully saturated rings. The summed E-state index contributed by atoms with van der Waals surface area (Å²) in [4.78, 5) is 4.85. The maximum Gasteiger partial charge on any atom is 0.180 e. The van der Waals surface area contributed by atoms with Crippen molar-refractivity contribution in [2.24, 2.45) is 0 Å². The van der Waals surface area contributed by atoms with Crippen molar-refractivity contribution in [1.29, 1.82) is 0 Å². The fourth-order valence-electron chi connectivity index (χ4n) is 1.15. The zero-order valence-electron chi connectivity index (χ0n) is 8.11. The molecule has 0 amide bonds. The number of nitrogens with two attached hydrogens (primary N) is 1. The smallest absolute Gasteiger partial charge is 0.180 e. The number of nitrogens with zero attached hydrogens (tertiary/aromatic N) is 1. The highest BCUT2D eigenvalue weighted by molar-refractivity contribution is 7.15. The minimum Gasteiger partial charge on any atom is -0.485 e. The summed E-state index contributed by atoms with van der Waals surface area (Å²) in [5, 5.41) is 1.50. The number of thiazole rings is 1. The monoisotopic (exact) mass is 274 g/mol. The molecule has 1 aromatic carbocycles. The van der Waals surface area contributed by atoms with Gasteiger partial charge in [-0.25, -0.2) is 4.98 Å². The molecule has 0 spiro atoms. The van der Waals surface area contributed by atoms with Crippen LogP contribution >= 0.6 is 34.5 Å². The summed E-state index contributed by atoms with van der Waals surface area (Å²) in [6.45, 7) is 0.359. The van der Waals surface area contributed by atoms with Crippen LogP contribution in [0, 0.1) is 0 Å². The standard InChI is InChI=1S/C10H8Cl2N2OS/c11-7-2-1-3-8(12)9(7)15-5-6-4-14-10(13)16-6/h1-4H,5H2,(H2,13,14). The first-order valence-corrected chi connectivity index (χ1v) is 6.01. The van der Waals surface area contributed by atoms with Crippen LogP contribution in [0.25, 0.3) is 0 Å². The molecule has 84 valence electrons. The minimum absolute atomic E-state index is 0.359. The van der Waals surface area contributed by atoms with Crippen molar-refractivity contribution in [3.05, 3.63) is 39.3 Å². The van der Waals surface area contributed by atoms with Gasteiger partial charge in [0.2, 0.25) is 0 Å². The minimum atomic E-state index is 0.359. The zero-order chi connectivity index (χ0) is 11.5. The van der Waals surface area contributed by atoms with Crippen LogP contribution in [0.4, 0.5) is 5.13 Å². The molecule has 0 radical (unpaired) electrons. The van der Waals surface area contributed by atoms with Crippen molar-refractivity contribution in [2.75, 3.05) is 5.73 Å². The molecule has 0 unspecified atom stereocenters. The van der Waals surface area contributed by atoms with E-state index in [0.717, 1.165) is 4.88 Å². The van der Waals surface area contributed by atoms with E-state index >= 15 is 0 Å². The van der Waals surface area contributed by atoms with E-state index in [1.807, 2.05) is 0 Å². The SMILES string of the molecule is Nc1ncc(COc2c(Cl)cccc2Cl)s1. The number of nitrogen functional groups attached to an aromatic ring is 1. The second-order valence-corrected chi connectivity index (χ2v) is 4.97. The van der Waals surface area contributed by atoms with Crippen LogP contribution in [0.5, 0.6) is 5.75 Å². The number of anilines is 1. The van der Waals surface area contributed by atoms with Gasteiger partial charge in [0.15, 0.2) is 10.9 Å². The lowest BCUT2D eigenvalue weighted by Gasteiger charge is -2.07. The molecule has 0 bridgehead atoms. The summed E-state index contributed by atoms with van der Waals surface area (Å²) in [7, 11) is 0. The van der Waals surface area contributed by atoms with Gasteiger partial charge in [0, 0.05) is 6.20 Å². The second kappa shape index (κ2) is 4.91. The number of halogens is 2. The molecule has 1 aromatic heterocycles. The van der Waals surface area contributed by atoms with Gasteiger partial charge in [-0.15, -0.1) is 0 Å². The van der Waals surface area contributed by atoms with E-state index in [0.29, 0.717) is 27.5 Å². The summed E-state index contributed by atoms with van der Waals surface area (Å²) < 4.78 is 5.52. The van der Waals surface area contributed by atoms with Gasteiger partial charge < -0.3 is 10.5 Å². The first-order valence-electron chi connectivity index (χ1n) is 4.44. The van der Waals surface area contributed by atoms with Crippen LogP contribution in [-0.4, -0.2) is 4.98 Å². The third-order valence-electron chi connectivity index (χ3n) is 1.85. The highest BCUT2D eigenvalue weighted by Gasteiger charge is 2.07. The molecule has 2 aromatic rings. The highest BCUT2D eigenvalue weighted by Crippen LogP contribution is 2.33. The predicted octanol–water partition coefficient (Wildman–Crippen LogP) is 3.61. The Bertz CT molecular complexity index is 481. The van der Waals surface area contributed by atoms with E-state index in [2.05, 4.69) is 4.98 Å². The number of benzene rings is 1. The van der Waals surface area contributed by atoms with Gasteiger partial charge in [0.25, 0.3) is 0 Å². The van der Waals surface area contributed by atoms with Crippen molar-refractivity contribution in [1.82, 2.24) is 4.98 Å². The van der Waals surface area contributed by atoms with E-state index in [9.17, 15) is 0 Å². The molecule has 1 heterocycles. The van der Waals surface area contributed by atoms with Crippen molar-refractivity contribution < 1.29 is 4.74 Å². The molecule has 0 aliphatic heterocycles. The number of hydrogen-bond donors (Lipinski definition) is 1. The normalized spacial score (nSPS) is 10.4. The molecule has 0 saturated carbocycles. The fourth-order valence-corrected chi connectivity index (χ4v) is 2.26. The number of aromatic nitrogens is 1. The van der Waals surface area contributed by atoms with Gasteiger partial charge in [-0.1, -0.05) is 40.6 Å². The van der Waals surface area contributed by atoms with E-state index < -0.39 is 0 Å². The Morgan fingerprint density at radius 2 is 2.00 bits per heavy atom. The number of hydrogen-bond acceptors (Lipinski definition) is 4. The lowest BCUT2D eigenvalue weighted by atomic mass is 10.3. The Balaban J connectivity index is 2.10. The average Bonchev–Trinajstić information content (AvgIpc) is 2.63. The average molecular weight is 275 g/mol. The lowest BCUT2D eigenvalue weighted by Crippen LogP contribution is -1.94. The van der Waals surface area contributed by atoms with Gasteiger partial charge in [-0.05, 0) is 12.1 Å². The molecule has 2 rings (SSSR count). The molecule has 0 saturated heterocycles. The topological polar surface area (TPSA) is 48.1 Å². The maximum absolute atomic E-state index is 5.95. The zero-order valence-corrected chi connectivity index (χ0v) is 10.4. The fraction of sp³-hybridized carbons (Fsp3) is 0.100. The molecular formula is C10H8Cl2N2OS. The Hall–Kier alpha value is -0.970. The molecule has 2 N–H and O–H groups in total. The Morgan fingerprint density at radius 1 is 1.31 bits per heavy atom. The second-order valence-electron chi connectivity index (χ2n) is 3.00. The number of rotatable bonds is 3. The first-order chi connectivity index (χ1) is 7.66. The van der Waals surface area contributed by atoms with Crippen LogP contribution in [0.2, 0.25) is 10.0 Å². The van der Waals surface area contributed by atoms with Crippen molar-refractivity contribution >= 4 is 39.7 Å². The van der Waals surface area contributed by atoms with Crippen LogP contribution in [0.15, 0.2) is 24.4 Å². The van der Waals surface area contributed by atoms with Gasteiger partial charge in [0.1, 0.15) is 6.61 Å². The molecule has 0 aliphatic carbocycles. The van der Waals surface area contributed by atoms with Gasteiger partial charge >= 0.3 is 0 Å². The first kappa shape index (κ1) is 11.5. The van der Waals surface area contributed by atoms with Gasteiger partial charge in [-0.3, -0.25) is 0 Å². The predicted molar refractivity (Wildman–Crippen MR) is 67.3 cm³/mol. The largest absolute Gasteiger partial charge is 0.485 e. The van der Waals surface area contributed by atoms with Gasteiger partial charge in [0.05, 0.1) is 14.9 Å². The quantitative estimate of drug-likeness (QED) is 0.930. The van der Waals surface area contributed by atoms with E-state index in [1.54, 1.807) is 24.4 Å². The number of para-hydroxylation sites is 1. The summed E-state index contributed by atoms with van der Waals surface area (Å²) in [5.74, 6) is 0.484. The number of ether oxygens (including phenoxy) is 1. The third-order valence-corrected chi connectivity index (χ3v) is 3.24. The Kier molecular flexibility index (Phi) is 3.53. The molecular weight excluding hydrogens is 267 g/mol. The van der Waals surface area contributed by atoms with Crippen molar-refractivity contribution in [3.8, 4) is 5.75 Å². The molecule has 0 aliphatic rings. The molecule has 0 atom stereocenters. The van der Waals surface area contributed by atoms with Crippen molar-refractivity contribution in [2.45, 2.75) is 6.61 Å². The molecule has 16 heavy (non-hydrogen) atoms. The van der Waals surface area contributed by atoms with Gasteiger partial charge in [-0.2, -0.15) is 0 Å². The van der Waals surface area contributed by atoms with E-state index in [4.69, 9.17) is 33.7 Å². The van der Waals surface area contributed by atoms with Crippen LogP contribution < -0.4 is 10.5 Å². The summed E-state index contributed by atoms with van der Waals surface area (Å²) in [6, 6.07) is 5.22. The molecule has 3 nitrogen and oxygen atoms in total. The summed E-state index contributed by atoms with van der Waals surface area (Å²) in [5.41, 5.74) is 5.51. The third kappa shape index (κ3) is 2.58. The van der Waals surface area contributed by atoms with Crippen LogP contribution in [-0.2, 0) is 6.61 Å². The molecule has 6 heteroatoms. The van der Waals surface area contributed by atoms with Crippen LogP contribution in [0.1, 0.15) is 4.88 Å².